The van der Waals surface area contributed by atoms with E-state index in [2.05, 4.69) is 5.32 Å². The first kappa shape index (κ1) is 31.0. The molecule has 1 unspecified atom stereocenters. The summed E-state index contributed by atoms with van der Waals surface area (Å²) in [5.41, 5.74) is 0.891. The molecule has 1 N–H and O–H groups in total. The van der Waals surface area contributed by atoms with E-state index in [1.54, 1.807) is 48.5 Å². The van der Waals surface area contributed by atoms with Crippen LogP contribution in [0, 0.1) is 5.82 Å². The fourth-order valence-corrected chi connectivity index (χ4v) is 6.32. The minimum absolute atomic E-state index is 0.0215. The number of nitrogens with one attached hydrogen (secondary N) is 1. The standard InChI is InChI=1S/C31H28Cl2FN3O4S/c1-35-31(39)29(18-22-10-4-2-5-11-22)36(20-23-12-8-9-15-27(23)34)30(38)21-37(28-19-24(32)16-17-26(28)33)42(40,41)25-13-6-3-7-14-25/h2-17,19,29H,18,20-21H2,1H3,(H,35,39). The van der Waals surface area contributed by atoms with Gasteiger partial charge >= 0.3 is 0 Å². The summed E-state index contributed by atoms with van der Waals surface area (Å²) >= 11 is 12.6. The predicted molar refractivity (Wildman–Crippen MR) is 162 cm³/mol. The molecule has 0 aromatic heterocycles. The van der Waals surface area contributed by atoms with E-state index >= 15 is 0 Å². The SMILES string of the molecule is CNC(=O)C(Cc1ccccc1)N(Cc1ccccc1F)C(=O)CN(c1cc(Cl)ccc1Cl)S(=O)(=O)c1ccccc1. The normalized spacial score (nSPS) is 11.9. The van der Waals surface area contributed by atoms with Crippen LogP contribution in [0.4, 0.5) is 10.1 Å². The number of hydrogen-bond donors (Lipinski definition) is 1. The van der Waals surface area contributed by atoms with Crippen LogP contribution in [0.15, 0.2) is 108 Å². The highest BCUT2D eigenvalue weighted by atomic mass is 35.5. The third kappa shape index (κ3) is 7.28. The first-order valence-corrected chi connectivity index (χ1v) is 15.1. The van der Waals surface area contributed by atoms with Crippen LogP contribution in [0.25, 0.3) is 0 Å². The van der Waals surface area contributed by atoms with Gasteiger partial charge < -0.3 is 10.2 Å². The molecule has 0 saturated carbocycles. The molecule has 0 fully saturated rings. The van der Waals surface area contributed by atoms with Crippen molar-refractivity contribution in [1.29, 1.82) is 0 Å². The van der Waals surface area contributed by atoms with E-state index in [9.17, 15) is 22.4 Å². The molecule has 218 valence electrons. The average Bonchev–Trinajstić information content (AvgIpc) is 3.00. The second-order valence-electron chi connectivity index (χ2n) is 9.35. The Morgan fingerprint density at radius 2 is 1.50 bits per heavy atom. The maximum Gasteiger partial charge on any atom is 0.264 e. The van der Waals surface area contributed by atoms with E-state index in [-0.39, 0.29) is 39.2 Å². The maximum absolute atomic E-state index is 14.8. The van der Waals surface area contributed by atoms with E-state index in [1.165, 1.54) is 60.5 Å². The number of halogens is 3. The third-order valence-corrected chi connectivity index (χ3v) is 8.93. The second-order valence-corrected chi connectivity index (χ2v) is 12.1. The summed E-state index contributed by atoms with van der Waals surface area (Å²) in [6.07, 6.45) is 0.101. The summed E-state index contributed by atoms with van der Waals surface area (Å²) in [5, 5.41) is 2.82. The van der Waals surface area contributed by atoms with Gasteiger partial charge in [0.2, 0.25) is 11.8 Å². The van der Waals surface area contributed by atoms with E-state index in [0.717, 1.165) is 9.87 Å². The molecule has 0 aliphatic rings. The van der Waals surface area contributed by atoms with E-state index in [4.69, 9.17) is 23.2 Å². The number of hydrogen-bond acceptors (Lipinski definition) is 4. The van der Waals surface area contributed by atoms with E-state index in [0.29, 0.717) is 0 Å². The topological polar surface area (TPSA) is 86.8 Å². The number of carbonyl (C=O) groups excluding carboxylic acids is 2. The zero-order valence-corrected chi connectivity index (χ0v) is 24.9. The number of sulfonamides is 1. The van der Waals surface area contributed by atoms with Gasteiger partial charge in [0, 0.05) is 30.6 Å². The number of nitrogens with zero attached hydrogens (tertiary/aromatic N) is 2. The first-order chi connectivity index (χ1) is 20.1. The maximum atomic E-state index is 14.8. The Morgan fingerprint density at radius 3 is 2.14 bits per heavy atom. The molecule has 4 rings (SSSR count). The largest absolute Gasteiger partial charge is 0.357 e. The first-order valence-electron chi connectivity index (χ1n) is 12.9. The van der Waals surface area contributed by atoms with Gasteiger partial charge in [-0.2, -0.15) is 0 Å². The van der Waals surface area contributed by atoms with Crippen molar-refractivity contribution in [2.24, 2.45) is 0 Å². The molecule has 0 saturated heterocycles. The van der Waals surface area contributed by atoms with Crippen LogP contribution in [-0.4, -0.2) is 44.8 Å². The zero-order chi connectivity index (χ0) is 30.3. The van der Waals surface area contributed by atoms with Gasteiger partial charge in [-0.3, -0.25) is 13.9 Å². The van der Waals surface area contributed by atoms with Gasteiger partial charge in [0.25, 0.3) is 10.0 Å². The van der Waals surface area contributed by atoms with Crippen molar-refractivity contribution < 1.29 is 22.4 Å². The van der Waals surface area contributed by atoms with Crippen LogP contribution in [0.3, 0.4) is 0 Å². The van der Waals surface area contributed by atoms with Gasteiger partial charge in [-0.05, 0) is 42.0 Å². The monoisotopic (exact) mass is 627 g/mol. The molecular weight excluding hydrogens is 600 g/mol. The van der Waals surface area contributed by atoms with Crippen LogP contribution >= 0.6 is 23.2 Å². The molecule has 11 heteroatoms. The fourth-order valence-electron chi connectivity index (χ4n) is 4.44. The molecule has 0 aliphatic heterocycles. The molecule has 7 nitrogen and oxygen atoms in total. The summed E-state index contributed by atoms with van der Waals surface area (Å²) in [4.78, 5) is 28.6. The van der Waals surface area contributed by atoms with E-state index in [1.807, 2.05) is 6.07 Å². The summed E-state index contributed by atoms with van der Waals surface area (Å²) in [7, 11) is -2.91. The Morgan fingerprint density at radius 1 is 0.881 bits per heavy atom. The van der Waals surface area contributed by atoms with Crippen molar-refractivity contribution in [1.82, 2.24) is 10.2 Å². The van der Waals surface area contributed by atoms with Gasteiger partial charge in [0.1, 0.15) is 18.4 Å². The predicted octanol–water partition coefficient (Wildman–Crippen LogP) is 5.71. The number of anilines is 1. The zero-order valence-electron chi connectivity index (χ0n) is 22.6. The lowest BCUT2D eigenvalue weighted by Gasteiger charge is -2.33. The highest BCUT2D eigenvalue weighted by molar-refractivity contribution is 7.92. The highest BCUT2D eigenvalue weighted by Crippen LogP contribution is 2.33. The van der Waals surface area contributed by atoms with Crippen LogP contribution in [0.5, 0.6) is 0 Å². The summed E-state index contributed by atoms with van der Waals surface area (Å²) in [5.74, 6) is -1.82. The fraction of sp³-hybridized carbons (Fsp3) is 0.161. The summed E-state index contributed by atoms with van der Waals surface area (Å²) in [6, 6.07) is 25.6. The van der Waals surface area contributed by atoms with Crippen molar-refractivity contribution in [2.45, 2.75) is 23.9 Å². The summed E-state index contributed by atoms with van der Waals surface area (Å²) in [6.45, 7) is -1.03. The molecule has 42 heavy (non-hydrogen) atoms. The van der Waals surface area contributed by atoms with Gasteiger partial charge in [-0.25, -0.2) is 12.8 Å². The molecule has 0 aliphatic carbocycles. The Balaban J connectivity index is 1.82. The quantitative estimate of drug-likeness (QED) is 0.231. The van der Waals surface area contributed by atoms with Crippen molar-refractivity contribution in [3.63, 3.8) is 0 Å². The molecular formula is C31H28Cl2FN3O4S. The number of amides is 2. The van der Waals surface area contributed by atoms with Crippen molar-refractivity contribution in [3.05, 3.63) is 130 Å². The van der Waals surface area contributed by atoms with Gasteiger partial charge in [0.05, 0.1) is 15.6 Å². The average molecular weight is 629 g/mol. The lowest BCUT2D eigenvalue weighted by molar-refractivity contribution is -0.139. The Kier molecular flexibility index (Phi) is 10.2. The Bertz CT molecular complexity index is 1660. The molecule has 0 radical (unpaired) electrons. The molecule has 2 amide bonds. The molecule has 0 bridgehead atoms. The summed E-state index contributed by atoms with van der Waals surface area (Å²) < 4.78 is 43.6. The lowest BCUT2D eigenvalue weighted by atomic mass is 10.0. The van der Waals surface area contributed by atoms with Crippen molar-refractivity contribution in [2.75, 3.05) is 17.9 Å². The van der Waals surface area contributed by atoms with Gasteiger partial charge in [-0.15, -0.1) is 0 Å². The lowest BCUT2D eigenvalue weighted by Crippen LogP contribution is -2.53. The van der Waals surface area contributed by atoms with Crippen LogP contribution < -0.4 is 9.62 Å². The molecule has 0 heterocycles. The highest BCUT2D eigenvalue weighted by Gasteiger charge is 2.35. The smallest absolute Gasteiger partial charge is 0.264 e. The minimum Gasteiger partial charge on any atom is -0.357 e. The number of benzene rings is 4. The number of carbonyl (C=O) groups is 2. The molecule has 4 aromatic rings. The molecule has 1 atom stereocenters. The number of rotatable bonds is 11. The van der Waals surface area contributed by atoms with Crippen molar-refractivity contribution in [3.8, 4) is 0 Å². The van der Waals surface area contributed by atoms with Crippen LogP contribution in [0.1, 0.15) is 11.1 Å². The van der Waals surface area contributed by atoms with Crippen LogP contribution in [0.2, 0.25) is 10.0 Å². The Hall–Kier alpha value is -3.92. The Labute approximate surface area is 254 Å². The van der Waals surface area contributed by atoms with Gasteiger partial charge in [0.15, 0.2) is 0 Å². The second kappa shape index (κ2) is 13.8. The minimum atomic E-state index is -4.35. The molecule has 0 spiro atoms. The van der Waals surface area contributed by atoms with Gasteiger partial charge in [-0.1, -0.05) is 89.9 Å². The van der Waals surface area contributed by atoms with E-state index < -0.39 is 40.2 Å². The molecule has 4 aromatic carbocycles. The van der Waals surface area contributed by atoms with Crippen LogP contribution in [-0.2, 0) is 32.6 Å². The third-order valence-electron chi connectivity index (χ3n) is 6.60. The number of likely N-dealkylation sites (N-methyl/N-ethyl adjacent to an activating group) is 1. The van der Waals surface area contributed by atoms with Crippen molar-refractivity contribution >= 4 is 50.7 Å².